The summed E-state index contributed by atoms with van der Waals surface area (Å²) in [5.41, 5.74) is 2.25. The summed E-state index contributed by atoms with van der Waals surface area (Å²) in [6, 6.07) is 12.3. The number of anilines is 1. The molecule has 2 heterocycles. The van der Waals surface area contributed by atoms with E-state index >= 15 is 0 Å². The molecule has 1 amide bonds. The van der Waals surface area contributed by atoms with Crippen LogP contribution in [-0.4, -0.2) is 25.0 Å². The van der Waals surface area contributed by atoms with Gasteiger partial charge in [0.25, 0.3) is 11.5 Å². The Hall–Kier alpha value is -3.81. The normalized spacial score (nSPS) is 11.1. The zero-order chi connectivity index (χ0) is 20.0. The van der Waals surface area contributed by atoms with Crippen LogP contribution in [0.4, 0.5) is 5.69 Å². The predicted octanol–water partition coefficient (Wildman–Crippen LogP) is 1.74. The maximum Gasteiger partial charge on any atom is 0.332 e. The molecule has 2 aromatic heterocycles. The Morgan fingerprint density at radius 1 is 0.964 bits per heavy atom. The molecule has 0 unspecified atom stereocenters. The van der Waals surface area contributed by atoms with Crippen LogP contribution >= 0.6 is 0 Å². The van der Waals surface area contributed by atoms with E-state index in [2.05, 4.69) is 15.3 Å². The van der Waals surface area contributed by atoms with Crippen molar-refractivity contribution in [2.24, 2.45) is 14.1 Å². The third-order valence-electron chi connectivity index (χ3n) is 4.67. The van der Waals surface area contributed by atoms with E-state index in [1.807, 2.05) is 13.0 Å². The maximum atomic E-state index is 12.5. The van der Waals surface area contributed by atoms with Gasteiger partial charge in [0.1, 0.15) is 0 Å². The molecule has 0 saturated heterocycles. The van der Waals surface area contributed by atoms with E-state index in [9.17, 15) is 14.4 Å². The Morgan fingerprint density at radius 2 is 1.64 bits per heavy atom. The van der Waals surface area contributed by atoms with Crippen molar-refractivity contribution in [1.82, 2.24) is 19.1 Å². The molecule has 0 atom stereocenters. The minimum absolute atomic E-state index is 0.123. The fraction of sp³-hybridized carbons (Fsp3) is 0.150. The van der Waals surface area contributed by atoms with Gasteiger partial charge in [-0.15, -0.1) is 0 Å². The molecule has 140 valence electrons. The lowest BCUT2D eigenvalue weighted by molar-refractivity contribution is 0.102. The van der Waals surface area contributed by atoms with E-state index in [1.54, 1.807) is 36.4 Å². The zero-order valence-corrected chi connectivity index (χ0v) is 15.6. The lowest BCUT2D eigenvalue weighted by atomic mass is 10.1. The molecule has 8 nitrogen and oxygen atoms in total. The van der Waals surface area contributed by atoms with Crippen molar-refractivity contribution >= 4 is 33.8 Å². The molecule has 0 fully saturated rings. The van der Waals surface area contributed by atoms with Gasteiger partial charge in [0, 0.05) is 25.3 Å². The van der Waals surface area contributed by atoms with E-state index < -0.39 is 11.2 Å². The summed E-state index contributed by atoms with van der Waals surface area (Å²) >= 11 is 0. The quantitative estimate of drug-likeness (QED) is 0.538. The topological polar surface area (TPSA) is 98.9 Å². The molecule has 0 radical (unpaired) electrons. The number of benzene rings is 2. The molecule has 28 heavy (non-hydrogen) atoms. The summed E-state index contributed by atoms with van der Waals surface area (Å²) < 4.78 is 2.29. The van der Waals surface area contributed by atoms with E-state index in [0.717, 1.165) is 10.1 Å². The van der Waals surface area contributed by atoms with Gasteiger partial charge < -0.3 is 5.32 Å². The highest BCUT2D eigenvalue weighted by atomic mass is 16.2. The molecule has 0 aliphatic heterocycles. The summed E-state index contributed by atoms with van der Waals surface area (Å²) in [5, 5.41) is 2.87. The Morgan fingerprint density at radius 3 is 2.36 bits per heavy atom. The molecule has 8 heteroatoms. The fourth-order valence-electron chi connectivity index (χ4n) is 3.06. The largest absolute Gasteiger partial charge is 0.332 e. The number of rotatable bonds is 2. The highest BCUT2D eigenvalue weighted by molar-refractivity contribution is 6.05. The van der Waals surface area contributed by atoms with Crippen LogP contribution in [0.2, 0.25) is 0 Å². The van der Waals surface area contributed by atoms with Gasteiger partial charge in [-0.25, -0.2) is 14.8 Å². The van der Waals surface area contributed by atoms with Gasteiger partial charge in [-0.05, 0) is 36.8 Å². The van der Waals surface area contributed by atoms with Crippen molar-refractivity contribution in [2.45, 2.75) is 6.92 Å². The van der Waals surface area contributed by atoms with Crippen LogP contribution in [0.1, 0.15) is 15.9 Å². The summed E-state index contributed by atoms with van der Waals surface area (Å²) in [6.07, 6.45) is 0. The number of carbonyl (C=O) groups is 1. The second kappa shape index (κ2) is 6.41. The van der Waals surface area contributed by atoms with Crippen molar-refractivity contribution < 1.29 is 4.79 Å². The molecule has 0 aliphatic carbocycles. The van der Waals surface area contributed by atoms with Crippen molar-refractivity contribution in [3.8, 4) is 0 Å². The number of amides is 1. The van der Waals surface area contributed by atoms with Gasteiger partial charge >= 0.3 is 5.69 Å². The Bertz CT molecular complexity index is 1370. The Kier molecular flexibility index (Phi) is 4.03. The highest BCUT2D eigenvalue weighted by Crippen LogP contribution is 2.23. The minimum atomic E-state index is -0.494. The maximum absolute atomic E-state index is 12.5. The number of nitrogens with one attached hydrogen (secondary N) is 1. The van der Waals surface area contributed by atoms with E-state index in [1.165, 1.54) is 18.7 Å². The molecular weight excluding hydrogens is 358 g/mol. The number of aryl methyl sites for hydroxylation is 2. The average molecular weight is 375 g/mol. The molecule has 0 bridgehead atoms. The van der Waals surface area contributed by atoms with E-state index in [4.69, 9.17) is 0 Å². The van der Waals surface area contributed by atoms with Crippen molar-refractivity contribution in [1.29, 1.82) is 0 Å². The van der Waals surface area contributed by atoms with Gasteiger partial charge in [0.2, 0.25) is 0 Å². The molecule has 2 aromatic carbocycles. The number of hydrogen-bond acceptors (Lipinski definition) is 5. The molecule has 0 spiro atoms. The standard InChI is InChI=1S/C20H17N5O3/c1-11-9-14-15(10-13(11)23-18(26)12-7-5-4-6-8-12)22-17-16(21-14)19(27)25(3)20(28)24(17)2/h4-10H,1-3H3,(H,23,26). The zero-order valence-electron chi connectivity index (χ0n) is 15.6. The first-order chi connectivity index (χ1) is 13.4. The van der Waals surface area contributed by atoms with Crippen LogP contribution in [-0.2, 0) is 14.1 Å². The third kappa shape index (κ3) is 2.75. The Labute approximate surface area is 159 Å². The van der Waals surface area contributed by atoms with E-state index in [-0.39, 0.29) is 17.1 Å². The molecule has 0 aliphatic rings. The monoisotopic (exact) mass is 375 g/mol. The third-order valence-corrected chi connectivity index (χ3v) is 4.67. The van der Waals surface area contributed by atoms with E-state index in [0.29, 0.717) is 22.3 Å². The summed E-state index contributed by atoms with van der Waals surface area (Å²) in [4.78, 5) is 45.9. The Balaban J connectivity index is 1.88. The predicted molar refractivity (Wildman–Crippen MR) is 107 cm³/mol. The van der Waals surface area contributed by atoms with Gasteiger partial charge in [-0.3, -0.25) is 18.7 Å². The van der Waals surface area contributed by atoms with Gasteiger partial charge in [0.15, 0.2) is 11.2 Å². The van der Waals surface area contributed by atoms with Gasteiger partial charge in [0.05, 0.1) is 11.0 Å². The fourth-order valence-corrected chi connectivity index (χ4v) is 3.06. The second-order valence-electron chi connectivity index (χ2n) is 6.58. The smallest absolute Gasteiger partial charge is 0.322 e. The van der Waals surface area contributed by atoms with Crippen LogP contribution in [0.25, 0.3) is 22.2 Å². The molecule has 1 N–H and O–H groups in total. The van der Waals surface area contributed by atoms with Crippen LogP contribution in [0.3, 0.4) is 0 Å². The van der Waals surface area contributed by atoms with Crippen LogP contribution < -0.4 is 16.6 Å². The molecule has 4 aromatic rings. The van der Waals surface area contributed by atoms with Gasteiger partial charge in [-0.2, -0.15) is 0 Å². The molecule has 0 saturated carbocycles. The number of hydrogen-bond donors (Lipinski definition) is 1. The summed E-state index contributed by atoms with van der Waals surface area (Å²) in [5.74, 6) is -0.238. The average Bonchev–Trinajstić information content (AvgIpc) is 2.71. The van der Waals surface area contributed by atoms with Crippen LogP contribution in [0.5, 0.6) is 0 Å². The summed E-state index contributed by atoms with van der Waals surface area (Å²) in [7, 11) is 2.94. The highest BCUT2D eigenvalue weighted by Gasteiger charge is 2.14. The first-order valence-electron chi connectivity index (χ1n) is 8.61. The number of fused-ring (bicyclic) bond motifs is 2. The molecule has 4 rings (SSSR count). The number of nitrogens with zero attached hydrogens (tertiary/aromatic N) is 4. The first kappa shape index (κ1) is 17.6. The number of aromatic nitrogens is 4. The minimum Gasteiger partial charge on any atom is -0.322 e. The van der Waals surface area contributed by atoms with Crippen LogP contribution in [0.15, 0.2) is 52.1 Å². The van der Waals surface area contributed by atoms with Crippen molar-refractivity contribution in [2.75, 3.05) is 5.32 Å². The summed E-state index contributed by atoms with van der Waals surface area (Å²) in [6.45, 7) is 1.84. The van der Waals surface area contributed by atoms with Gasteiger partial charge in [-0.1, -0.05) is 18.2 Å². The SMILES string of the molecule is Cc1cc2nc3c(=O)n(C)c(=O)n(C)c3nc2cc1NC(=O)c1ccccc1. The van der Waals surface area contributed by atoms with Crippen molar-refractivity contribution in [3.63, 3.8) is 0 Å². The van der Waals surface area contributed by atoms with Crippen molar-refractivity contribution in [3.05, 3.63) is 74.4 Å². The lowest BCUT2D eigenvalue weighted by Crippen LogP contribution is -2.37. The number of carbonyl (C=O) groups excluding carboxylic acids is 1. The molecular formula is C20H17N5O3. The first-order valence-corrected chi connectivity index (χ1v) is 8.61. The second-order valence-corrected chi connectivity index (χ2v) is 6.58. The lowest BCUT2D eigenvalue weighted by Gasteiger charge is -2.11. The van der Waals surface area contributed by atoms with Crippen LogP contribution in [0, 0.1) is 6.92 Å².